The van der Waals surface area contributed by atoms with Gasteiger partial charge in [0.1, 0.15) is 5.82 Å². The second-order valence-electron chi connectivity index (χ2n) is 9.43. The molecule has 0 spiro atoms. The molecule has 0 saturated carbocycles. The molecule has 0 bridgehead atoms. The number of amides is 1. The summed E-state index contributed by atoms with van der Waals surface area (Å²) in [5.41, 5.74) is 3.07. The number of nitrogens with one attached hydrogen (secondary N) is 2. The zero-order valence-electron chi connectivity index (χ0n) is 21.0. The number of aromatic nitrogens is 2. The van der Waals surface area contributed by atoms with Crippen molar-refractivity contribution in [2.24, 2.45) is 0 Å². The van der Waals surface area contributed by atoms with Gasteiger partial charge in [-0.3, -0.25) is 9.78 Å². The zero-order valence-corrected chi connectivity index (χ0v) is 21.8. The minimum atomic E-state index is -0.467. The van der Waals surface area contributed by atoms with Crippen molar-refractivity contribution in [3.63, 3.8) is 0 Å². The topological polar surface area (TPSA) is 62.2 Å². The second kappa shape index (κ2) is 10.7. The van der Waals surface area contributed by atoms with Crippen LogP contribution in [-0.2, 0) is 4.79 Å². The quantitative estimate of drug-likeness (QED) is 0.244. The molecule has 0 radical (unpaired) electrons. The van der Waals surface area contributed by atoms with Crippen LogP contribution in [0, 0.1) is 5.82 Å². The molecule has 2 aromatic heterocycles. The van der Waals surface area contributed by atoms with Crippen LogP contribution in [0.3, 0.4) is 0 Å². The molecule has 1 saturated heterocycles. The number of fused-ring (bicyclic) bond motifs is 1. The van der Waals surface area contributed by atoms with Crippen molar-refractivity contribution in [1.29, 1.82) is 0 Å². The number of hydrogen-bond acceptors (Lipinski definition) is 3. The van der Waals surface area contributed by atoms with Crippen molar-refractivity contribution in [2.75, 3.05) is 11.9 Å². The van der Waals surface area contributed by atoms with Crippen molar-refractivity contribution >= 4 is 39.7 Å². The van der Waals surface area contributed by atoms with Crippen molar-refractivity contribution in [1.82, 2.24) is 19.8 Å². The number of pyridine rings is 1. The molecular formula is C31H26FN5OS. The van der Waals surface area contributed by atoms with E-state index in [1.54, 1.807) is 24.4 Å². The molecule has 1 aliphatic rings. The Balaban J connectivity index is 1.33. The van der Waals surface area contributed by atoms with E-state index in [4.69, 9.17) is 12.2 Å². The average molecular weight is 536 g/mol. The number of carbonyl (C=O) groups excluding carboxylic acids is 1. The SMILES string of the molecule is O=C(CCN1C(=S)N[C@@H](c2ccccn2)[C@H]1c1cccn1-c1ccc2ccccc2c1)Nc1ccccc1F. The number of hydrogen-bond donors (Lipinski definition) is 2. The molecule has 5 aromatic rings. The highest BCUT2D eigenvalue weighted by Gasteiger charge is 2.41. The number of nitrogens with zero attached hydrogens (tertiary/aromatic N) is 3. The lowest BCUT2D eigenvalue weighted by atomic mass is 10.0. The van der Waals surface area contributed by atoms with E-state index in [2.05, 4.69) is 56.6 Å². The third-order valence-electron chi connectivity index (χ3n) is 7.02. The van der Waals surface area contributed by atoms with Gasteiger partial charge in [-0.2, -0.15) is 0 Å². The predicted octanol–water partition coefficient (Wildman–Crippen LogP) is 6.17. The van der Waals surface area contributed by atoms with Gasteiger partial charge in [-0.25, -0.2) is 4.39 Å². The van der Waals surface area contributed by atoms with Crippen molar-refractivity contribution in [2.45, 2.75) is 18.5 Å². The minimum Gasteiger partial charge on any atom is -0.352 e. The molecule has 3 heterocycles. The van der Waals surface area contributed by atoms with E-state index in [0.29, 0.717) is 11.7 Å². The van der Waals surface area contributed by atoms with Crippen LogP contribution in [0.1, 0.15) is 29.9 Å². The summed E-state index contributed by atoms with van der Waals surface area (Å²) in [5.74, 6) is -0.752. The number of carbonyl (C=O) groups is 1. The highest BCUT2D eigenvalue weighted by molar-refractivity contribution is 7.80. The zero-order chi connectivity index (χ0) is 26.8. The molecule has 1 aliphatic heterocycles. The largest absolute Gasteiger partial charge is 0.352 e. The Labute approximate surface area is 231 Å². The summed E-state index contributed by atoms with van der Waals surface area (Å²) in [6.45, 7) is 0.350. The first-order valence-electron chi connectivity index (χ1n) is 12.8. The Morgan fingerprint density at radius 2 is 1.74 bits per heavy atom. The maximum atomic E-state index is 14.1. The summed E-state index contributed by atoms with van der Waals surface area (Å²) >= 11 is 5.78. The van der Waals surface area contributed by atoms with Gasteiger partial charge in [0, 0.05) is 36.7 Å². The molecule has 3 aromatic carbocycles. The molecule has 1 fully saturated rings. The van der Waals surface area contributed by atoms with E-state index < -0.39 is 5.82 Å². The summed E-state index contributed by atoms with van der Waals surface area (Å²) in [6, 6.07) is 30.3. The first-order valence-corrected chi connectivity index (χ1v) is 13.2. The van der Waals surface area contributed by atoms with E-state index in [1.807, 2.05) is 47.5 Å². The fourth-order valence-electron chi connectivity index (χ4n) is 5.16. The second-order valence-corrected chi connectivity index (χ2v) is 9.82. The molecule has 194 valence electrons. The molecule has 8 heteroatoms. The first-order chi connectivity index (χ1) is 19.1. The number of anilines is 1. The van der Waals surface area contributed by atoms with Crippen LogP contribution >= 0.6 is 12.2 Å². The van der Waals surface area contributed by atoms with E-state index in [0.717, 1.165) is 22.5 Å². The van der Waals surface area contributed by atoms with E-state index in [-0.39, 0.29) is 30.1 Å². The van der Waals surface area contributed by atoms with Gasteiger partial charge in [0.15, 0.2) is 5.11 Å². The summed E-state index contributed by atoms with van der Waals surface area (Å²) in [7, 11) is 0. The summed E-state index contributed by atoms with van der Waals surface area (Å²) < 4.78 is 16.2. The van der Waals surface area contributed by atoms with Gasteiger partial charge in [0.05, 0.1) is 23.5 Å². The molecule has 2 atom stereocenters. The third kappa shape index (κ3) is 4.98. The molecule has 6 nitrogen and oxygen atoms in total. The van der Waals surface area contributed by atoms with Crippen molar-refractivity contribution in [3.05, 3.63) is 127 Å². The van der Waals surface area contributed by atoms with Gasteiger partial charge in [-0.05, 0) is 71.5 Å². The third-order valence-corrected chi connectivity index (χ3v) is 7.37. The van der Waals surface area contributed by atoms with Gasteiger partial charge in [0.2, 0.25) is 5.91 Å². The van der Waals surface area contributed by atoms with Crippen LogP contribution in [-0.4, -0.2) is 32.0 Å². The first kappa shape index (κ1) is 24.8. The van der Waals surface area contributed by atoms with E-state index >= 15 is 0 Å². The molecule has 6 rings (SSSR count). The molecule has 0 unspecified atom stereocenters. The number of para-hydroxylation sites is 1. The number of thiocarbonyl (C=S) groups is 1. The van der Waals surface area contributed by atoms with Crippen LogP contribution < -0.4 is 10.6 Å². The molecule has 0 aliphatic carbocycles. The number of halogens is 1. The number of benzene rings is 3. The normalized spacial score (nSPS) is 16.8. The van der Waals surface area contributed by atoms with Crippen molar-refractivity contribution < 1.29 is 9.18 Å². The predicted molar refractivity (Wildman–Crippen MR) is 155 cm³/mol. The van der Waals surface area contributed by atoms with Gasteiger partial charge >= 0.3 is 0 Å². The highest BCUT2D eigenvalue weighted by atomic mass is 32.1. The van der Waals surface area contributed by atoms with E-state index in [1.165, 1.54) is 11.5 Å². The Hall–Kier alpha value is -4.56. The van der Waals surface area contributed by atoms with Gasteiger partial charge in [0.25, 0.3) is 0 Å². The number of rotatable bonds is 7. The monoisotopic (exact) mass is 535 g/mol. The Morgan fingerprint density at radius 3 is 2.56 bits per heavy atom. The van der Waals surface area contributed by atoms with Crippen LogP contribution in [0.4, 0.5) is 10.1 Å². The van der Waals surface area contributed by atoms with Gasteiger partial charge in [-0.15, -0.1) is 0 Å². The maximum absolute atomic E-state index is 14.1. The summed E-state index contributed by atoms with van der Waals surface area (Å²) in [4.78, 5) is 19.4. The lowest BCUT2D eigenvalue weighted by Crippen LogP contribution is -2.33. The van der Waals surface area contributed by atoms with Crippen LogP contribution in [0.5, 0.6) is 0 Å². The fourth-order valence-corrected chi connectivity index (χ4v) is 5.49. The van der Waals surface area contributed by atoms with Gasteiger partial charge in [-0.1, -0.05) is 48.5 Å². The lowest BCUT2D eigenvalue weighted by Gasteiger charge is -2.29. The molecule has 39 heavy (non-hydrogen) atoms. The Morgan fingerprint density at radius 1 is 0.949 bits per heavy atom. The fraction of sp³-hybridized carbons (Fsp3) is 0.129. The smallest absolute Gasteiger partial charge is 0.226 e. The summed E-state index contributed by atoms with van der Waals surface area (Å²) in [6.07, 6.45) is 3.95. The van der Waals surface area contributed by atoms with Crippen LogP contribution in [0.15, 0.2) is 109 Å². The Kier molecular flexibility index (Phi) is 6.77. The molecule has 1 amide bonds. The van der Waals surface area contributed by atoms with Crippen molar-refractivity contribution in [3.8, 4) is 5.69 Å². The molecular weight excluding hydrogens is 509 g/mol. The van der Waals surface area contributed by atoms with E-state index in [9.17, 15) is 9.18 Å². The van der Waals surface area contributed by atoms with Crippen LogP contribution in [0.2, 0.25) is 0 Å². The Bertz CT molecular complexity index is 1650. The summed E-state index contributed by atoms with van der Waals surface area (Å²) in [5, 5.41) is 8.98. The standard InChI is InChI=1S/C31H26FN5OS/c32-24-10-3-4-11-25(24)34-28(38)16-19-37-30(29(35-31(37)39)26-12-5-6-17-33-26)27-13-7-18-36(27)23-15-14-21-8-1-2-9-22(21)20-23/h1-15,17-18,20,29-30H,16,19H2,(H,34,38)(H,35,39)/t29-,30+/m0/s1. The molecule has 2 N–H and O–H groups in total. The van der Waals surface area contributed by atoms with Crippen LogP contribution in [0.25, 0.3) is 16.5 Å². The highest BCUT2D eigenvalue weighted by Crippen LogP contribution is 2.39. The minimum absolute atomic E-state index is 0.137. The maximum Gasteiger partial charge on any atom is 0.226 e. The van der Waals surface area contributed by atoms with Gasteiger partial charge < -0.3 is 20.1 Å². The lowest BCUT2D eigenvalue weighted by molar-refractivity contribution is -0.116. The average Bonchev–Trinajstić information content (AvgIpc) is 3.57.